The second-order valence-corrected chi connectivity index (χ2v) is 4.90. The van der Waals surface area contributed by atoms with Gasteiger partial charge in [0.1, 0.15) is 5.54 Å². The highest BCUT2D eigenvalue weighted by Crippen LogP contribution is 2.27. The van der Waals surface area contributed by atoms with Crippen molar-refractivity contribution < 1.29 is 19.4 Å². The first-order valence-corrected chi connectivity index (χ1v) is 6.62. The number of aliphatic imine (C=N–C) groups is 2. The maximum Gasteiger partial charge on any atom is 0.363 e. The zero-order valence-corrected chi connectivity index (χ0v) is 11.5. The van der Waals surface area contributed by atoms with Crippen LogP contribution in [0.5, 0.6) is 0 Å². The smallest absolute Gasteiger partial charge is 0.363 e. The van der Waals surface area contributed by atoms with Crippen molar-refractivity contribution in [1.82, 2.24) is 0 Å². The molecule has 3 rings (SSSR count). The normalized spacial score (nSPS) is 24.6. The first-order chi connectivity index (χ1) is 10.6. The lowest BCUT2D eigenvalue weighted by molar-refractivity contribution is -0.137. The van der Waals surface area contributed by atoms with Gasteiger partial charge in [-0.15, -0.1) is 0 Å². The quantitative estimate of drug-likeness (QED) is 0.677. The molecule has 1 unspecified atom stereocenters. The van der Waals surface area contributed by atoms with E-state index in [-0.39, 0.29) is 18.0 Å². The molecular weight excluding hydrogens is 284 g/mol. The third kappa shape index (κ3) is 2.71. The van der Waals surface area contributed by atoms with E-state index in [4.69, 9.17) is 9.84 Å². The Hall–Kier alpha value is -3.02. The van der Waals surface area contributed by atoms with Gasteiger partial charge >= 0.3 is 11.9 Å². The van der Waals surface area contributed by atoms with E-state index in [1.807, 2.05) is 18.2 Å². The SMILES string of the molecule is O=C(O)CC1(C=C2N=C(c3ccccc3)OC2=O)C=CC=N1. The Balaban J connectivity index is 1.95. The zero-order chi connectivity index (χ0) is 15.6. The van der Waals surface area contributed by atoms with Gasteiger partial charge in [0, 0.05) is 11.8 Å². The molecule has 0 bridgehead atoms. The Morgan fingerprint density at radius 3 is 2.73 bits per heavy atom. The number of hydrogen-bond acceptors (Lipinski definition) is 5. The second-order valence-electron chi connectivity index (χ2n) is 4.90. The number of allylic oxidation sites excluding steroid dienone is 1. The second kappa shape index (κ2) is 5.40. The number of hydrogen-bond donors (Lipinski definition) is 1. The van der Waals surface area contributed by atoms with Crippen LogP contribution in [0.3, 0.4) is 0 Å². The van der Waals surface area contributed by atoms with Gasteiger partial charge in [0.15, 0.2) is 5.70 Å². The Morgan fingerprint density at radius 1 is 1.32 bits per heavy atom. The molecule has 0 saturated heterocycles. The van der Waals surface area contributed by atoms with Crippen molar-refractivity contribution in [2.24, 2.45) is 9.98 Å². The molecule has 0 saturated carbocycles. The van der Waals surface area contributed by atoms with E-state index in [1.54, 1.807) is 24.3 Å². The lowest BCUT2D eigenvalue weighted by atomic mass is 9.95. The maximum absolute atomic E-state index is 11.9. The average Bonchev–Trinajstić information content (AvgIpc) is 3.08. The van der Waals surface area contributed by atoms with Crippen molar-refractivity contribution in [3.63, 3.8) is 0 Å². The Labute approximate surface area is 126 Å². The topological polar surface area (TPSA) is 88.3 Å². The van der Waals surface area contributed by atoms with Crippen LogP contribution in [0.15, 0.2) is 64.2 Å². The molecule has 0 fully saturated rings. The van der Waals surface area contributed by atoms with E-state index in [1.165, 1.54) is 12.3 Å². The van der Waals surface area contributed by atoms with Crippen LogP contribution in [0.1, 0.15) is 12.0 Å². The van der Waals surface area contributed by atoms with Crippen LogP contribution >= 0.6 is 0 Å². The molecule has 110 valence electrons. The Kier molecular flexibility index (Phi) is 3.42. The number of aliphatic carboxylic acids is 1. The highest BCUT2D eigenvalue weighted by molar-refractivity contribution is 6.11. The molecule has 1 atom stereocenters. The standard InChI is InChI=1S/C16H12N2O4/c19-13(20)10-16(7-4-8-17-16)9-12-15(21)22-14(18-12)11-5-2-1-3-6-11/h1-9H,10H2,(H,19,20). The molecule has 1 aromatic rings. The van der Waals surface area contributed by atoms with Crippen molar-refractivity contribution in [3.8, 4) is 0 Å². The molecule has 0 aliphatic carbocycles. The lowest BCUT2D eigenvalue weighted by Crippen LogP contribution is -2.24. The van der Waals surface area contributed by atoms with E-state index in [0.29, 0.717) is 5.56 Å². The largest absolute Gasteiger partial charge is 0.481 e. The molecule has 6 heteroatoms. The number of rotatable bonds is 4. The van der Waals surface area contributed by atoms with E-state index in [2.05, 4.69) is 9.98 Å². The number of nitrogens with zero attached hydrogens (tertiary/aromatic N) is 2. The van der Waals surface area contributed by atoms with Crippen molar-refractivity contribution >= 4 is 24.1 Å². The summed E-state index contributed by atoms with van der Waals surface area (Å²) in [5.41, 5.74) is -0.351. The number of carbonyl (C=O) groups is 2. The number of carboxylic acids is 1. The highest BCUT2D eigenvalue weighted by Gasteiger charge is 2.33. The number of benzene rings is 1. The molecule has 0 amide bonds. The van der Waals surface area contributed by atoms with Crippen LogP contribution in [0.25, 0.3) is 0 Å². The third-order valence-electron chi connectivity index (χ3n) is 3.25. The molecule has 1 aromatic carbocycles. The summed E-state index contributed by atoms with van der Waals surface area (Å²) in [4.78, 5) is 31.3. The summed E-state index contributed by atoms with van der Waals surface area (Å²) in [5.74, 6) is -1.42. The number of cyclic esters (lactones) is 1. The summed E-state index contributed by atoms with van der Waals surface area (Å²) in [6.07, 6.45) is 5.94. The Morgan fingerprint density at radius 2 is 2.09 bits per heavy atom. The van der Waals surface area contributed by atoms with Crippen LogP contribution in [-0.4, -0.2) is 34.7 Å². The van der Waals surface area contributed by atoms with Crippen molar-refractivity contribution in [1.29, 1.82) is 0 Å². The first kappa shape index (κ1) is 13.9. The zero-order valence-electron chi connectivity index (χ0n) is 11.5. The van der Waals surface area contributed by atoms with Gasteiger partial charge in [-0.1, -0.05) is 24.3 Å². The van der Waals surface area contributed by atoms with E-state index >= 15 is 0 Å². The molecule has 0 aromatic heterocycles. The molecule has 2 aliphatic rings. The minimum Gasteiger partial charge on any atom is -0.481 e. The fourth-order valence-electron chi connectivity index (χ4n) is 2.27. The van der Waals surface area contributed by atoms with E-state index < -0.39 is 17.5 Å². The molecular formula is C16H12N2O4. The van der Waals surface area contributed by atoms with Crippen LogP contribution in [-0.2, 0) is 14.3 Å². The monoisotopic (exact) mass is 296 g/mol. The lowest BCUT2D eigenvalue weighted by Gasteiger charge is -2.17. The molecule has 2 heterocycles. The summed E-state index contributed by atoms with van der Waals surface area (Å²) in [6.45, 7) is 0. The number of carboxylic acid groups (broad SMARTS) is 1. The van der Waals surface area contributed by atoms with Gasteiger partial charge in [-0.2, -0.15) is 0 Å². The van der Waals surface area contributed by atoms with E-state index in [0.717, 1.165) is 0 Å². The van der Waals surface area contributed by atoms with Crippen molar-refractivity contribution in [3.05, 3.63) is 59.8 Å². The third-order valence-corrected chi connectivity index (χ3v) is 3.25. The maximum atomic E-state index is 11.9. The van der Waals surface area contributed by atoms with Crippen LogP contribution in [0.4, 0.5) is 0 Å². The van der Waals surface area contributed by atoms with E-state index in [9.17, 15) is 9.59 Å². The van der Waals surface area contributed by atoms with Crippen LogP contribution in [0, 0.1) is 0 Å². The summed E-state index contributed by atoms with van der Waals surface area (Å²) < 4.78 is 5.14. The average molecular weight is 296 g/mol. The fraction of sp³-hybridized carbons (Fsp3) is 0.125. The Bertz CT molecular complexity index is 733. The van der Waals surface area contributed by atoms with Gasteiger partial charge in [0.2, 0.25) is 5.90 Å². The van der Waals surface area contributed by atoms with Gasteiger partial charge in [-0.25, -0.2) is 9.79 Å². The van der Waals surface area contributed by atoms with Crippen molar-refractivity contribution in [2.45, 2.75) is 12.0 Å². The summed E-state index contributed by atoms with van der Waals surface area (Å²) in [7, 11) is 0. The molecule has 1 N–H and O–H groups in total. The van der Waals surface area contributed by atoms with Gasteiger partial charge in [-0.3, -0.25) is 9.79 Å². The molecule has 2 aliphatic heterocycles. The van der Waals surface area contributed by atoms with Crippen LogP contribution in [0.2, 0.25) is 0 Å². The molecule has 0 spiro atoms. The molecule has 0 radical (unpaired) electrons. The molecule has 22 heavy (non-hydrogen) atoms. The summed E-state index contributed by atoms with van der Waals surface area (Å²) in [6, 6.07) is 9.01. The predicted octanol–water partition coefficient (Wildman–Crippen LogP) is 1.73. The minimum atomic E-state index is -1.09. The van der Waals surface area contributed by atoms with Crippen LogP contribution < -0.4 is 0 Å². The fourth-order valence-corrected chi connectivity index (χ4v) is 2.27. The highest BCUT2D eigenvalue weighted by atomic mass is 16.6. The minimum absolute atomic E-state index is 0.0591. The summed E-state index contributed by atoms with van der Waals surface area (Å²) in [5, 5.41) is 9.02. The first-order valence-electron chi connectivity index (χ1n) is 6.62. The number of carbonyl (C=O) groups excluding carboxylic acids is 1. The van der Waals surface area contributed by atoms with Gasteiger partial charge in [-0.05, 0) is 24.3 Å². The number of ether oxygens (including phenoxy) is 1. The van der Waals surface area contributed by atoms with Gasteiger partial charge in [0.25, 0.3) is 0 Å². The summed E-state index contributed by atoms with van der Waals surface area (Å²) >= 11 is 0. The predicted molar refractivity (Wildman–Crippen MR) is 79.8 cm³/mol. The van der Waals surface area contributed by atoms with Gasteiger partial charge in [0.05, 0.1) is 6.42 Å². The van der Waals surface area contributed by atoms with Crippen molar-refractivity contribution in [2.75, 3.05) is 0 Å². The number of esters is 1. The van der Waals surface area contributed by atoms with Gasteiger partial charge < -0.3 is 9.84 Å². The molecule has 6 nitrogen and oxygen atoms in total.